The zero-order valence-corrected chi connectivity index (χ0v) is 12.2. The van der Waals surface area contributed by atoms with Gasteiger partial charge in [0.2, 0.25) is 0 Å². The summed E-state index contributed by atoms with van der Waals surface area (Å²) in [5.74, 6) is 2.03. The van der Waals surface area contributed by atoms with Crippen molar-refractivity contribution in [1.29, 1.82) is 0 Å². The zero-order valence-electron chi connectivity index (χ0n) is 11.4. The predicted octanol–water partition coefficient (Wildman–Crippen LogP) is 3.69. The largest absolute Gasteiger partial charge is 0.496 e. The highest BCUT2D eigenvalue weighted by molar-refractivity contribution is 8.14. The van der Waals surface area contributed by atoms with Crippen LogP contribution in [0.1, 0.15) is 25.8 Å². The van der Waals surface area contributed by atoms with E-state index >= 15 is 0 Å². The van der Waals surface area contributed by atoms with E-state index in [0.29, 0.717) is 0 Å². The van der Waals surface area contributed by atoms with Crippen LogP contribution in [-0.4, -0.2) is 23.6 Å². The molecule has 0 atom stereocenters. The lowest BCUT2D eigenvalue weighted by atomic mass is 10.0. The number of hydrogen-bond donors (Lipinski definition) is 1. The Morgan fingerprint density at radius 2 is 2.17 bits per heavy atom. The Morgan fingerprint density at radius 3 is 2.78 bits per heavy atom. The number of ether oxygens (including phenoxy) is 1. The average molecular weight is 264 g/mol. The van der Waals surface area contributed by atoms with Gasteiger partial charge in [-0.1, -0.05) is 11.8 Å². The molecule has 0 saturated heterocycles. The van der Waals surface area contributed by atoms with E-state index in [4.69, 9.17) is 9.73 Å². The normalized spacial score (nSPS) is 18.1. The van der Waals surface area contributed by atoms with E-state index in [9.17, 15) is 0 Å². The number of nitrogens with one attached hydrogen (secondary N) is 1. The molecule has 3 nitrogen and oxygen atoms in total. The molecule has 0 aromatic heterocycles. The van der Waals surface area contributed by atoms with Gasteiger partial charge in [-0.25, -0.2) is 0 Å². The molecule has 0 fully saturated rings. The lowest BCUT2D eigenvalue weighted by Gasteiger charge is -2.26. The van der Waals surface area contributed by atoms with Crippen molar-refractivity contribution in [3.8, 4) is 5.75 Å². The van der Waals surface area contributed by atoms with Gasteiger partial charge in [-0.3, -0.25) is 4.99 Å². The first-order valence-electron chi connectivity index (χ1n) is 6.14. The molecule has 2 rings (SSSR count). The van der Waals surface area contributed by atoms with E-state index in [0.717, 1.165) is 34.3 Å². The highest BCUT2D eigenvalue weighted by atomic mass is 32.2. The van der Waals surface area contributed by atoms with Crippen molar-refractivity contribution < 1.29 is 4.74 Å². The number of benzene rings is 1. The van der Waals surface area contributed by atoms with Crippen LogP contribution in [0.4, 0.5) is 5.69 Å². The van der Waals surface area contributed by atoms with Crippen molar-refractivity contribution in [3.05, 3.63) is 23.8 Å². The maximum Gasteiger partial charge on any atom is 0.161 e. The Hall–Kier alpha value is -1.16. The molecule has 1 aromatic carbocycles. The zero-order chi connectivity index (χ0) is 13.2. The van der Waals surface area contributed by atoms with Gasteiger partial charge in [0.25, 0.3) is 0 Å². The molecule has 98 valence electrons. The molecule has 0 bridgehead atoms. The number of amidine groups is 1. The summed E-state index contributed by atoms with van der Waals surface area (Å²) in [5.41, 5.74) is 2.25. The third-order valence-electron chi connectivity index (χ3n) is 3.00. The monoisotopic (exact) mass is 264 g/mol. The van der Waals surface area contributed by atoms with Gasteiger partial charge in [-0.15, -0.1) is 0 Å². The van der Waals surface area contributed by atoms with Crippen LogP contribution in [-0.2, 0) is 0 Å². The summed E-state index contributed by atoms with van der Waals surface area (Å²) < 4.78 is 5.26. The van der Waals surface area contributed by atoms with E-state index in [2.05, 4.69) is 25.2 Å². The van der Waals surface area contributed by atoms with Gasteiger partial charge in [0.05, 0.1) is 12.6 Å². The molecule has 0 saturated carbocycles. The Balaban J connectivity index is 2.14. The summed E-state index contributed by atoms with van der Waals surface area (Å²) in [4.78, 5) is 4.72. The molecule has 1 heterocycles. The predicted molar refractivity (Wildman–Crippen MR) is 79.9 cm³/mol. The fraction of sp³-hybridized carbons (Fsp3) is 0.500. The van der Waals surface area contributed by atoms with Gasteiger partial charge in [-0.2, -0.15) is 0 Å². The first kappa shape index (κ1) is 13.3. The van der Waals surface area contributed by atoms with Crippen molar-refractivity contribution in [1.82, 2.24) is 0 Å². The molecule has 1 aliphatic heterocycles. The minimum Gasteiger partial charge on any atom is -0.496 e. The standard InChI is InChI=1S/C14H20N2OS/c1-10-9-11(5-6-12(10)17-4)15-13-16-14(2,3)7-8-18-13/h5-6,9H,7-8H2,1-4H3,(H,15,16). The van der Waals surface area contributed by atoms with Gasteiger partial charge in [-0.05, 0) is 51.0 Å². The second-order valence-electron chi connectivity index (χ2n) is 5.14. The Bertz CT molecular complexity index is 469. The minimum atomic E-state index is 0.0507. The summed E-state index contributed by atoms with van der Waals surface area (Å²) in [6.45, 7) is 6.39. The molecule has 18 heavy (non-hydrogen) atoms. The number of hydrogen-bond acceptors (Lipinski definition) is 4. The van der Waals surface area contributed by atoms with Gasteiger partial charge in [0, 0.05) is 11.4 Å². The molecular weight excluding hydrogens is 244 g/mol. The quantitative estimate of drug-likeness (QED) is 0.884. The Morgan fingerprint density at radius 1 is 1.39 bits per heavy atom. The summed E-state index contributed by atoms with van der Waals surface area (Å²) in [6.07, 6.45) is 1.13. The lowest BCUT2D eigenvalue weighted by molar-refractivity contribution is 0.412. The lowest BCUT2D eigenvalue weighted by Crippen LogP contribution is -2.27. The van der Waals surface area contributed by atoms with E-state index < -0.39 is 0 Å². The van der Waals surface area contributed by atoms with Crippen molar-refractivity contribution >= 4 is 22.6 Å². The molecule has 4 heteroatoms. The molecule has 0 amide bonds. The first-order valence-corrected chi connectivity index (χ1v) is 7.13. The van der Waals surface area contributed by atoms with E-state index in [-0.39, 0.29) is 5.54 Å². The Labute approximate surface area is 113 Å². The van der Waals surface area contributed by atoms with Crippen LogP contribution < -0.4 is 10.1 Å². The van der Waals surface area contributed by atoms with Crippen molar-refractivity contribution in [3.63, 3.8) is 0 Å². The maximum atomic E-state index is 5.26. The van der Waals surface area contributed by atoms with E-state index in [1.54, 1.807) is 18.9 Å². The topological polar surface area (TPSA) is 33.6 Å². The van der Waals surface area contributed by atoms with Gasteiger partial charge in [0.15, 0.2) is 5.17 Å². The van der Waals surface area contributed by atoms with Gasteiger partial charge < -0.3 is 10.1 Å². The molecule has 0 spiro atoms. The van der Waals surface area contributed by atoms with Gasteiger partial charge in [0.1, 0.15) is 5.75 Å². The smallest absolute Gasteiger partial charge is 0.161 e. The number of methoxy groups -OCH3 is 1. The van der Waals surface area contributed by atoms with Crippen molar-refractivity contribution in [2.24, 2.45) is 4.99 Å². The van der Waals surface area contributed by atoms with E-state index in [1.807, 2.05) is 19.1 Å². The van der Waals surface area contributed by atoms with Crippen LogP contribution in [0.15, 0.2) is 23.2 Å². The van der Waals surface area contributed by atoms with Crippen LogP contribution in [0.25, 0.3) is 0 Å². The highest BCUT2D eigenvalue weighted by Crippen LogP contribution is 2.28. The van der Waals surface area contributed by atoms with Gasteiger partial charge >= 0.3 is 0 Å². The number of aliphatic imine (C=N–C) groups is 1. The number of thioether (sulfide) groups is 1. The van der Waals surface area contributed by atoms with Crippen molar-refractivity contribution in [2.75, 3.05) is 18.2 Å². The fourth-order valence-corrected chi connectivity index (χ4v) is 3.20. The minimum absolute atomic E-state index is 0.0507. The second kappa shape index (κ2) is 5.22. The van der Waals surface area contributed by atoms with Crippen LogP contribution in [0.3, 0.4) is 0 Å². The van der Waals surface area contributed by atoms with Crippen LogP contribution in [0.5, 0.6) is 5.75 Å². The Kier molecular flexibility index (Phi) is 3.85. The molecule has 1 N–H and O–H groups in total. The number of rotatable bonds is 2. The van der Waals surface area contributed by atoms with Crippen LogP contribution in [0.2, 0.25) is 0 Å². The number of nitrogens with zero attached hydrogens (tertiary/aromatic N) is 1. The van der Waals surface area contributed by atoms with Crippen molar-refractivity contribution in [2.45, 2.75) is 32.7 Å². The fourth-order valence-electron chi connectivity index (χ4n) is 1.90. The first-order chi connectivity index (χ1) is 8.50. The van der Waals surface area contributed by atoms with Crippen LogP contribution >= 0.6 is 11.8 Å². The summed E-state index contributed by atoms with van der Waals surface area (Å²) in [5, 5.41) is 4.40. The number of anilines is 1. The maximum absolute atomic E-state index is 5.26. The SMILES string of the molecule is COc1ccc(NC2=NC(C)(C)CCS2)cc1C. The summed E-state index contributed by atoms with van der Waals surface area (Å²) >= 11 is 1.78. The summed E-state index contributed by atoms with van der Waals surface area (Å²) in [6, 6.07) is 6.09. The molecule has 0 radical (unpaired) electrons. The van der Waals surface area contributed by atoms with E-state index in [1.165, 1.54) is 0 Å². The second-order valence-corrected chi connectivity index (χ2v) is 6.22. The third-order valence-corrected chi connectivity index (χ3v) is 3.88. The third kappa shape index (κ3) is 3.19. The average Bonchev–Trinajstić information content (AvgIpc) is 2.28. The highest BCUT2D eigenvalue weighted by Gasteiger charge is 2.22. The molecule has 1 aliphatic rings. The number of aryl methyl sites for hydroxylation is 1. The summed E-state index contributed by atoms with van der Waals surface area (Å²) in [7, 11) is 1.69. The van der Waals surface area contributed by atoms with Crippen LogP contribution in [0, 0.1) is 6.92 Å². The molecule has 0 unspecified atom stereocenters. The molecule has 0 aliphatic carbocycles. The molecular formula is C14H20N2OS. The molecule has 1 aromatic rings.